The summed E-state index contributed by atoms with van der Waals surface area (Å²) in [6, 6.07) is 15.6. The van der Waals surface area contributed by atoms with Gasteiger partial charge in [-0.05, 0) is 31.8 Å². The molecule has 0 unspecified atom stereocenters. The van der Waals surface area contributed by atoms with Gasteiger partial charge in [-0.1, -0.05) is 30.3 Å². The highest BCUT2D eigenvalue weighted by atomic mass is 16.3. The zero-order chi connectivity index (χ0) is 22.3. The molecule has 1 aromatic carbocycles. The van der Waals surface area contributed by atoms with Crippen molar-refractivity contribution in [3.05, 3.63) is 60.4 Å². The van der Waals surface area contributed by atoms with Crippen molar-refractivity contribution in [2.45, 2.75) is 6.54 Å². The minimum atomic E-state index is 0.403. The van der Waals surface area contributed by atoms with E-state index in [0.717, 1.165) is 24.3 Å². The third kappa shape index (κ3) is 5.61. The molecule has 0 spiro atoms. The van der Waals surface area contributed by atoms with Gasteiger partial charge in [-0.25, -0.2) is 0 Å². The number of hydrogen-bond donors (Lipinski definition) is 3. The number of benzene rings is 1. The van der Waals surface area contributed by atoms with Crippen molar-refractivity contribution in [1.29, 1.82) is 0 Å². The fourth-order valence-corrected chi connectivity index (χ4v) is 2.96. The Hall–Kier alpha value is -3.92. The number of aromatic amines is 1. The molecule has 4 aromatic rings. The van der Waals surface area contributed by atoms with E-state index >= 15 is 0 Å². The van der Waals surface area contributed by atoms with Crippen LogP contribution in [0.4, 0.5) is 23.7 Å². The lowest BCUT2D eigenvalue weighted by atomic mass is 10.2. The molecule has 3 heterocycles. The molecule has 0 aliphatic carbocycles. The molecular weight excluding hydrogens is 406 g/mol. The predicted octanol–water partition coefficient (Wildman–Crippen LogP) is 3.21. The SMILES string of the molecule is CN(C)CCN(C)c1nc(NCc2ccccc2)nc(Nc2cc(-c3ccco3)[nH]n2)n1. The van der Waals surface area contributed by atoms with Crippen molar-refractivity contribution in [2.75, 3.05) is 49.8 Å². The number of H-pyrrole nitrogens is 1. The van der Waals surface area contributed by atoms with Gasteiger partial charge in [0.1, 0.15) is 5.69 Å². The molecule has 0 amide bonds. The number of furan rings is 1. The van der Waals surface area contributed by atoms with Gasteiger partial charge in [-0.2, -0.15) is 20.1 Å². The topological polar surface area (TPSA) is 111 Å². The molecule has 0 atom stereocenters. The minimum Gasteiger partial charge on any atom is -0.463 e. The average molecular weight is 434 g/mol. The number of rotatable bonds is 10. The third-order valence-electron chi connectivity index (χ3n) is 4.75. The summed E-state index contributed by atoms with van der Waals surface area (Å²) < 4.78 is 5.41. The molecule has 3 N–H and O–H groups in total. The summed E-state index contributed by atoms with van der Waals surface area (Å²) in [5.41, 5.74) is 1.90. The lowest BCUT2D eigenvalue weighted by molar-refractivity contribution is 0.415. The highest BCUT2D eigenvalue weighted by Crippen LogP contribution is 2.22. The van der Waals surface area contributed by atoms with E-state index < -0.39 is 0 Å². The van der Waals surface area contributed by atoms with Gasteiger partial charge in [0.2, 0.25) is 17.8 Å². The van der Waals surface area contributed by atoms with Crippen LogP contribution < -0.4 is 15.5 Å². The molecule has 0 saturated heterocycles. The molecular formula is C22H27N9O. The Labute approximate surface area is 186 Å². The summed E-state index contributed by atoms with van der Waals surface area (Å²) in [6.45, 7) is 2.26. The van der Waals surface area contributed by atoms with Crippen LogP contribution >= 0.6 is 0 Å². The largest absolute Gasteiger partial charge is 0.463 e. The molecule has 166 valence electrons. The molecule has 0 aliphatic rings. The molecule has 3 aromatic heterocycles. The second kappa shape index (κ2) is 9.92. The van der Waals surface area contributed by atoms with Gasteiger partial charge in [-0.15, -0.1) is 0 Å². The van der Waals surface area contributed by atoms with E-state index in [1.807, 2.05) is 62.4 Å². The van der Waals surface area contributed by atoms with Gasteiger partial charge >= 0.3 is 0 Å². The van der Waals surface area contributed by atoms with Crippen molar-refractivity contribution < 1.29 is 4.42 Å². The van der Waals surface area contributed by atoms with Crippen LogP contribution in [0, 0.1) is 0 Å². The lowest BCUT2D eigenvalue weighted by Crippen LogP contribution is -2.30. The van der Waals surface area contributed by atoms with Crippen molar-refractivity contribution in [3.63, 3.8) is 0 Å². The number of anilines is 4. The Morgan fingerprint density at radius 1 is 0.938 bits per heavy atom. The summed E-state index contributed by atoms with van der Waals surface area (Å²) in [4.78, 5) is 17.8. The van der Waals surface area contributed by atoms with Crippen LogP contribution in [0.15, 0.2) is 59.2 Å². The van der Waals surface area contributed by atoms with Crippen LogP contribution in [0.5, 0.6) is 0 Å². The molecule has 0 aliphatic heterocycles. The quantitative estimate of drug-likeness (QED) is 0.347. The molecule has 10 heteroatoms. The van der Waals surface area contributed by atoms with E-state index in [-0.39, 0.29) is 0 Å². The van der Waals surface area contributed by atoms with E-state index in [2.05, 4.69) is 52.8 Å². The maximum Gasteiger partial charge on any atom is 0.235 e. The van der Waals surface area contributed by atoms with Crippen LogP contribution in [-0.4, -0.2) is 64.3 Å². The van der Waals surface area contributed by atoms with Gasteiger partial charge in [-0.3, -0.25) is 5.10 Å². The zero-order valence-corrected chi connectivity index (χ0v) is 18.4. The average Bonchev–Trinajstić information content (AvgIpc) is 3.49. The first-order valence-electron chi connectivity index (χ1n) is 10.3. The highest BCUT2D eigenvalue weighted by molar-refractivity contribution is 5.60. The second-order valence-corrected chi connectivity index (χ2v) is 7.62. The van der Waals surface area contributed by atoms with Gasteiger partial charge in [0.25, 0.3) is 0 Å². The Morgan fingerprint density at radius 2 is 1.75 bits per heavy atom. The maximum atomic E-state index is 5.41. The van der Waals surface area contributed by atoms with Crippen LogP contribution in [0.2, 0.25) is 0 Å². The van der Waals surface area contributed by atoms with E-state index in [0.29, 0.717) is 36.0 Å². The zero-order valence-electron chi connectivity index (χ0n) is 18.4. The van der Waals surface area contributed by atoms with Crippen molar-refractivity contribution >= 4 is 23.7 Å². The number of nitrogens with one attached hydrogen (secondary N) is 3. The predicted molar refractivity (Wildman–Crippen MR) is 125 cm³/mol. The van der Waals surface area contributed by atoms with Gasteiger partial charge < -0.3 is 24.9 Å². The number of hydrogen-bond acceptors (Lipinski definition) is 9. The summed E-state index contributed by atoms with van der Waals surface area (Å²) in [5, 5.41) is 13.7. The number of aromatic nitrogens is 5. The Balaban J connectivity index is 1.54. The second-order valence-electron chi connectivity index (χ2n) is 7.62. The Kier molecular flexibility index (Phi) is 6.61. The van der Waals surface area contributed by atoms with Crippen molar-refractivity contribution in [1.82, 2.24) is 30.0 Å². The minimum absolute atomic E-state index is 0.403. The molecule has 4 rings (SSSR count). The first kappa shape index (κ1) is 21.3. The van der Waals surface area contributed by atoms with Crippen LogP contribution in [0.25, 0.3) is 11.5 Å². The van der Waals surface area contributed by atoms with Crippen LogP contribution in [-0.2, 0) is 6.54 Å². The third-order valence-corrected chi connectivity index (χ3v) is 4.75. The summed E-state index contributed by atoms with van der Waals surface area (Å²) >= 11 is 0. The molecule has 10 nitrogen and oxygen atoms in total. The monoisotopic (exact) mass is 433 g/mol. The molecule has 0 fully saturated rings. The fraction of sp³-hybridized carbons (Fsp3) is 0.273. The Morgan fingerprint density at radius 3 is 2.50 bits per heavy atom. The van der Waals surface area contributed by atoms with Crippen LogP contribution in [0.1, 0.15) is 5.56 Å². The van der Waals surface area contributed by atoms with Gasteiger partial charge in [0, 0.05) is 32.7 Å². The first-order valence-corrected chi connectivity index (χ1v) is 10.3. The summed E-state index contributed by atoms with van der Waals surface area (Å²) in [7, 11) is 6.04. The normalized spacial score (nSPS) is 11.0. The Bertz CT molecular complexity index is 1110. The molecule has 32 heavy (non-hydrogen) atoms. The van der Waals surface area contributed by atoms with E-state index in [4.69, 9.17) is 4.42 Å². The van der Waals surface area contributed by atoms with Gasteiger partial charge in [0.05, 0.1) is 6.26 Å². The number of nitrogens with zero attached hydrogens (tertiary/aromatic N) is 6. The smallest absolute Gasteiger partial charge is 0.235 e. The fourth-order valence-electron chi connectivity index (χ4n) is 2.96. The van der Waals surface area contributed by atoms with Crippen molar-refractivity contribution in [2.24, 2.45) is 0 Å². The first-order chi connectivity index (χ1) is 15.6. The maximum absolute atomic E-state index is 5.41. The van der Waals surface area contributed by atoms with E-state index in [1.165, 1.54) is 0 Å². The van der Waals surface area contributed by atoms with E-state index in [1.54, 1.807) is 6.26 Å². The molecule has 0 saturated carbocycles. The van der Waals surface area contributed by atoms with Gasteiger partial charge in [0.15, 0.2) is 11.6 Å². The molecule has 0 radical (unpaired) electrons. The van der Waals surface area contributed by atoms with Crippen LogP contribution in [0.3, 0.4) is 0 Å². The highest BCUT2D eigenvalue weighted by Gasteiger charge is 2.13. The summed E-state index contributed by atoms with van der Waals surface area (Å²) in [5.74, 6) is 2.75. The van der Waals surface area contributed by atoms with Crippen molar-refractivity contribution in [3.8, 4) is 11.5 Å². The molecule has 0 bridgehead atoms. The lowest BCUT2D eigenvalue weighted by Gasteiger charge is -2.20. The number of likely N-dealkylation sites (N-methyl/N-ethyl adjacent to an activating group) is 2. The standard InChI is InChI=1S/C22H27N9O/c1-30(2)11-12-31(3)22-26-20(23-15-16-8-5-4-6-9-16)25-21(27-22)24-19-14-17(28-29-19)18-10-7-13-32-18/h4-10,13-14H,11-12,15H2,1-3H3,(H3,23,24,25,26,27,28,29). The summed E-state index contributed by atoms with van der Waals surface area (Å²) in [6.07, 6.45) is 1.62. The van der Waals surface area contributed by atoms with E-state index in [9.17, 15) is 0 Å².